The summed E-state index contributed by atoms with van der Waals surface area (Å²) in [5, 5.41) is 9.28. The number of aliphatic imine (C=N–C) groups is 1. The summed E-state index contributed by atoms with van der Waals surface area (Å²) in [5.41, 5.74) is 3.96. The van der Waals surface area contributed by atoms with Crippen molar-refractivity contribution in [3.8, 4) is 0 Å². The predicted molar refractivity (Wildman–Crippen MR) is 74.1 cm³/mol. The second-order valence-electron chi connectivity index (χ2n) is 4.39. The normalized spacial score (nSPS) is 13.8. The van der Waals surface area contributed by atoms with Gasteiger partial charge in [0.15, 0.2) is 5.96 Å². The summed E-state index contributed by atoms with van der Waals surface area (Å²) in [4.78, 5) is 15.4. The van der Waals surface area contributed by atoms with E-state index in [0.29, 0.717) is 0 Å². The third kappa shape index (κ3) is 2.61. The molecule has 3 N–H and O–H groups in total. The fourth-order valence-corrected chi connectivity index (χ4v) is 1.96. The Hall–Kier alpha value is -2.04. The number of rotatable bonds is 2. The van der Waals surface area contributed by atoms with Gasteiger partial charge in [-0.3, -0.25) is 9.79 Å². The van der Waals surface area contributed by atoms with Crippen molar-refractivity contribution in [3.63, 3.8) is 0 Å². The van der Waals surface area contributed by atoms with Crippen LogP contribution >= 0.6 is 0 Å². The molecular formula is C13H18N4O. The first kappa shape index (κ1) is 12.4. The van der Waals surface area contributed by atoms with Crippen LogP contribution in [0.25, 0.3) is 0 Å². The Morgan fingerprint density at radius 1 is 1.39 bits per heavy atom. The third-order valence-corrected chi connectivity index (χ3v) is 2.90. The molecule has 18 heavy (non-hydrogen) atoms. The molecule has 1 aliphatic rings. The summed E-state index contributed by atoms with van der Waals surface area (Å²) in [7, 11) is 0. The molecule has 0 spiro atoms. The number of hydrogen-bond donors (Lipinski definition) is 3. The number of nitrogens with one attached hydrogen (secondary N) is 3. The summed E-state index contributed by atoms with van der Waals surface area (Å²) in [6.07, 6.45) is 0. The lowest BCUT2D eigenvalue weighted by atomic mass is 10.1. The molecule has 1 amide bonds. The predicted octanol–water partition coefficient (Wildman–Crippen LogP) is 1.63. The first-order chi connectivity index (χ1) is 8.58. The van der Waals surface area contributed by atoms with Gasteiger partial charge in [0.1, 0.15) is 0 Å². The molecule has 1 aromatic carbocycles. The summed E-state index contributed by atoms with van der Waals surface area (Å²) in [5.74, 6) is 0.727. The molecule has 1 aromatic rings. The van der Waals surface area contributed by atoms with Crippen molar-refractivity contribution in [1.82, 2.24) is 5.32 Å². The van der Waals surface area contributed by atoms with Crippen LogP contribution in [0.4, 0.5) is 11.4 Å². The lowest BCUT2D eigenvalue weighted by molar-refractivity contribution is -0.114. The Morgan fingerprint density at radius 2 is 2.17 bits per heavy atom. The summed E-state index contributed by atoms with van der Waals surface area (Å²) in [6.45, 7) is 7.19. The number of carbonyl (C=O) groups is 1. The molecule has 0 radical (unpaired) electrons. The van der Waals surface area contributed by atoms with Gasteiger partial charge in [0, 0.05) is 24.8 Å². The second kappa shape index (κ2) is 5.08. The van der Waals surface area contributed by atoms with E-state index in [2.05, 4.69) is 20.9 Å². The van der Waals surface area contributed by atoms with Crippen molar-refractivity contribution in [3.05, 3.63) is 23.3 Å². The van der Waals surface area contributed by atoms with Gasteiger partial charge in [-0.15, -0.1) is 0 Å². The minimum atomic E-state index is -0.0655. The Labute approximate surface area is 107 Å². The Bertz CT molecular complexity index is 508. The molecule has 0 atom stereocenters. The van der Waals surface area contributed by atoms with Crippen molar-refractivity contribution in [2.24, 2.45) is 4.99 Å². The highest BCUT2D eigenvalue weighted by Crippen LogP contribution is 2.27. The van der Waals surface area contributed by atoms with Gasteiger partial charge in [0.25, 0.3) is 0 Å². The number of carbonyl (C=O) groups excluding carboxylic acids is 1. The zero-order valence-electron chi connectivity index (χ0n) is 10.9. The van der Waals surface area contributed by atoms with Crippen LogP contribution in [0.5, 0.6) is 0 Å². The van der Waals surface area contributed by atoms with Crippen LogP contribution in [0.15, 0.2) is 17.1 Å². The first-order valence-corrected chi connectivity index (χ1v) is 6.01. The van der Waals surface area contributed by atoms with Gasteiger partial charge in [0.05, 0.1) is 6.54 Å². The van der Waals surface area contributed by atoms with E-state index in [1.807, 2.05) is 26.0 Å². The van der Waals surface area contributed by atoms with Crippen LogP contribution in [-0.4, -0.2) is 25.0 Å². The molecule has 0 saturated carbocycles. The van der Waals surface area contributed by atoms with Gasteiger partial charge in [-0.1, -0.05) is 6.07 Å². The Kier molecular flexibility index (Phi) is 3.50. The lowest BCUT2D eigenvalue weighted by Crippen LogP contribution is -2.27. The molecule has 96 valence electrons. The van der Waals surface area contributed by atoms with E-state index in [1.165, 1.54) is 6.92 Å². The number of guanidine groups is 1. The molecule has 2 rings (SSSR count). The van der Waals surface area contributed by atoms with E-state index in [-0.39, 0.29) is 5.91 Å². The molecule has 5 heteroatoms. The standard InChI is InChI=1S/C13H18N4O/c1-8-4-5-11(16-10(3)18)9(2)12(8)17-13-14-6-7-15-13/h4-5H,6-7H2,1-3H3,(H,16,18)(H2,14,15,17). The van der Waals surface area contributed by atoms with Crippen molar-refractivity contribution >= 4 is 23.2 Å². The maximum Gasteiger partial charge on any atom is 0.221 e. The van der Waals surface area contributed by atoms with E-state index >= 15 is 0 Å². The number of nitrogens with zero attached hydrogens (tertiary/aromatic N) is 1. The summed E-state index contributed by atoms with van der Waals surface area (Å²) < 4.78 is 0. The number of anilines is 2. The molecule has 0 fully saturated rings. The zero-order chi connectivity index (χ0) is 13.1. The fourth-order valence-electron chi connectivity index (χ4n) is 1.96. The fraction of sp³-hybridized carbons (Fsp3) is 0.385. The van der Waals surface area contributed by atoms with Gasteiger partial charge < -0.3 is 16.0 Å². The van der Waals surface area contributed by atoms with Crippen molar-refractivity contribution in [2.45, 2.75) is 20.8 Å². The highest BCUT2D eigenvalue weighted by atomic mass is 16.1. The van der Waals surface area contributed by atoms with Gasteiger partial charge in [0.2, 0.25) is 5.91 Å². The smallest absolute Gasteiger partial charge is 0.221 e. The van der Waals surface area contributed by atoms with Crippen molar-refractivity contribution in [1.29, 1.82) is 0 Å². The van der Waals surface area contributed by atoms with Crippen LogP contribution in [0.2, 0.25) is 0 Å². The molecule has 0 aliphatic carbocycles. The quantitative estimate of drug-likeness (QED) is 0.743. The molecule has 0 unspecified atom stereocenters. The maximum absolute atomic E-state index is 11.1. The molecule has 1 aliphatic heterocycles. The van der Waals surface area contributed by atoms with Crippen LogP contribution < -0.4 is 16.0 Å². The highest BCUT2D eigenvalue weighted by molar-refractivity contribution is 5.98. The van der Waals surface area contributed by atoms with E-state index < -0.39 is 0 Å². The third-order valence-electron chi connectivity index (χ3n) is 2.90. The molecule has 0 aromatic heterocycles. The Morgan fingerprint density at radius 3 is 2.78 bits per heavy atom. The maximum atomic E-state index is 11.1. The molecule has 0 bridgehead atoms. The SMILES string of the molecule is CC(=O)Nc1ccc(C)c(NC2=NCCN2)c1C. The van der Waals surface area contributed by atoms with Gasteiger partial charge in [-0.25, -0.2) is 0 Å². The molecular weight excluding hydrogens is 228 g/mol. The minimum Gasteiger partial charge on any atom is -0.354 e. The second-order valence-corrected chi connectivity index (χ2v) is 4.39. The summed E-state index contributed by atoms with van der Waals surface area (Å²) >= 11 is 0. The highest BCUT2D eigenvalue weighted by Gasteiger charge is 2.12. The topological polar surface area (TPSA) is 65.5 Å². The number of amides is 1. The van der Waals surface area contributed by atoms with Crippen molar-refractivity contribution < 1.29 is 4.79 Å². The van der Waals surface area contributed by atoms with E-state index in [1.54, 1.807) is 0 Å². The largest absolute Gasteiger partial charge is 0.354 e. The zero-order valence-corrected chi connectivity index (χ0v) is 10.9. The van der Waals surface area contributed by atoms with Crippen LogP contribution in [0.1, 0.15) is 18.1 Å². The van der Waals surface area contributed by atoms with Crippen molar-refractivity contribution in [2.75, 3.05) is 23.7 Å². The van der Waals surface area contributed by atoms with Gasteiger partial charge in [-0.05, 0) is 31.0 Å². The Balaban J connectivity index is 2.29. The molecule has 1 heterocycles. The van der Waals surface area contributed by atoms with Gasteiger partial charge in [-0.2, -0.15) is 0 Å². The summed E-state index contributed by atoms with van der Waals surface area (Å²) in [6, 6.07) is 3.90. The van der Waals surface area contributed by atoms with Crippen LogP contribution in [0, 0.1) is 13.8 Å². The first-order valence-electron chi connectivity index (χ1n) is 6.01. The number of hydrogen-bond acceptors (Lipinski definition) is 4. The van der Waals surface area contributed by atoms with Crippen LogP contribution in [-0.2, 0) is 4.79 Å². The monoisotopic (exact) mass is 246 g/mol. The minimum absolute atomic E-state index is 0.0655. The van der Waals surface area contributed by atoms with E-state index in [4.69, 9.17) is 0 Å². The number of benzene rings is 1. The number of aryl methyl sites for hydroxylation is 1. The molecule has 5 nitrogen and oxygen atoms in total. The average molecular weight is 246 g/mol. The molecule has 0 saturated heterocycles. The van der Waals surface area contributed by atoms with E-state index in [0.717, 1.165) is 41.6 Å². The van der Waals surface area contributed by atoms with Crippen LogP contribution in [0.3, 0.4) is 0 Å². The van der Waals surface area contributed by atoms with Gasteiger partial charge >= 0.3 is 0 Å². The van der Waals surface area contributed by atoms with E-state index in [9.17, 15) is 4.79 Å². The lowest BCUT2D eigenvalue weighted by Gasteiger charge is -2.16. The average Bonchev–Trinajstić information content (AvgIpc) is 2.81.